The smallest absolute Gasteiger partial charge is 0.268 e. The second-order valence-corrected chi connectivity index (χ2v) is 2.98. The molecule has 7 nitrogen and oxygen atoms in total. The van der Waals surface area contributed by atoms with Gasteiger partial charge in [-0.15, -0.1) is 0 Å². The van der Waals surface area contributed by atoms with Gasteiger partial charge in [-0.25, -0.2) is 0 Å². The molecular formula is C8H9N3O4. The molecule has 1 unspecified atom stereocenters. The van der Waals surface area contributed by atoms with Crippen LogP contribution in [0.25, 0.3) is 0 Å². The van der Waals surface area contributed by atoms with Gasteiger partial charge in [0.15, 0.2) is 0 Å². The third kappa shape index (κ3) is 2.99. The summed E-state index contributed by atoms with van der Waals surface area (Å²) in [6.07, 6.45) is -1.11. The van der Waals surface area contributed by atoms with Crippen LogP contribution in [0.2, 0.25) is 0 Å². The first-order chi connectivity index (χ1) is 7.00. The first-order valence-electron chi connectivity index (χ1n) is 4.13. The summed E-state index contributed by atoms with van der Waals surface area (Å²) in [5.41, 5.74) is 5.77. The van der Waals surface area contributed by atoms with Crippen LogP contribution in [0.5, 0.6) is 0 Å². The summed E-state index contributed by atoms with van der Waals surface area (Å²) in [6.45, 7) is 0. The second-order valence-electron chi connectivity index (χ2n) is 2.98. The van der Waals surface area contributed by atoms with Crippen LogP contribution in [-0.4, -0.2) is 16.0 Å². The number of benzene rings is 1. The van der Waals surface area contributed by atoms with Gasteiger partial charge in [0.1, 0.15) is 0 Å². The van der Waals surface area contributed by atoms with E-state index in [1.807, 2.05) is 0 Å². The van der Waals surface area contributed by atoms with Crippen LogP contribution < -0.4 is 5.73 Å². The van der Waals surface area contributed by atoms with Gasteiger partial charge in [-0.1, -0.05) is 12.1 Å². The van der Waals surface area contributed by atoms with E-state index >= 15 is 0 Å². The van der Waals surface area contributed by atoms with E-state index in [9.17, 15) is 20.2 Å². The third-order valence-corrected chi connectivity index (χ3v) is 1.86. The molecule has 0 saturated carbocycles. The van der Waals surface area contributed by atoms with Crippen molar-refractivity contribution < 1.29 is 9.85 Å². The third-order valence-electron chi connectivity index (χ3n) is 1.86. The fraction of sp³-hybridized carbons (Fsp3) is 0.250. The molecule has 0 aliphatic rings. The maximum absolute atomic E-state index is 10.3. The van der Waals surface area contributed by atoms with Crippen molar-refractivity contribution in [2.45, 2.75) is 12.6 Å². The number of nitro groups is 2. The van der Waals surface area contributed by atoms with E-state index in [-0.39, 0.29) is 12.1 Å². The van der Waals surface area contributed by atoms with Gasteiger partial charge in [0.05, 0.1) is 11.3 Å². The van der Waals surface area contributed by atoms with Crippen molar-refractivity contribution in [2.24, 2.45) is 5.73 Å². The Hall–Kier alpha value is -2.02. The Kier molecular flexibility index (Phi) is 3.29. The molecule has 0 bridgehead atoms. The maximum Gasteiger partial charge on any atom is 0.269 e. The summed E-state index contributed by atoms with van der Waals surface area (Å²) in [4.78, 5) is 19.4. The zero-order valence-corrected chi connectivity index (χ0v) is 7.70. The fourth-order valence-electron chi connectivity index (χ4n) is 1.07. The van der Waals surface area contributed by atoms with Gasteiger partial charge < -0.3 is 0 Å². The largest absolute Gasteiger partial charge is 0.269 e. The van der Waals surface area contributed by atoms with Crippen molar-refractivity contribution in [1.29, 1.82) is 0 Å². The van der Waals surface area contributed by atoms with E-state index in [0.29, 0.717) is 5.56 Å². The van der Waals surface area contributed by atoms with Crippen molar-refractivity contribution in [2.75, 3.05) is 0 Å². The van der Waals surface area contributed by atoms with Crippen molar-refractivity contribution in [3.8, 4) is 0 Å². The van der Waals surface area contributed by atoms with Gasteiger partial charge in [-0.05, 0) is 5.56 Å². The highest BCUT2D eigenvalue weighted by Crippen LogP contribution is 2.12. The first kappa shape index (κ1) is 11.1. The first-order valence-corrected chi connectivity index (χ1v) is 4.13. The van der Waals surface area contributed by atoms with Crippen molar-refractivity contribution in [3.05, 3.63) is 50.1 Å². The normalized spacial score (nSPS) is 12.1. The molecular weight excluding hydrogens is 202 g/mol. The topological polar surface area (TPSA) is 112 Å². The standard InChI is InChI=1S/C8H9N3O4/c9-8(11(14)15)5-6-1-3-7(4-2-6)10(12)13/h1-4,8H,5,9H2. The molecule has 0 aliphatic carbocycles. The van der Waals surface area contributed by atoms with Crippen LogP contribution in [0.3, 0.4) is 0 Å². The molecule has 80 valence electrons. The zero-order chi connectivity index (χ0) is 11.4. The van der Waals surface area contributed by atoms with E-state index in [2.05, 4.69) is 0 Å². The summed E-state index contributed by atoms with van der Waals surface area (Å²) in [5.74, 6) is 0. The molecule has 0 fully saturated rings. The van der Waals surface area contributed by atoms with E-state index in [1.54, 1.807) is 0 Å². The minimum Gasteiger partial charge on any atom is -0.268 e. The molecule has 0 aliphatic heterocycles. The van der Waals surface area contributed by atoms with Crippen molar-refractivity contribution in [3.63, 3.8) is 0 Å². The lowest BCUT2D eigenvalue weighted by molar-refractivity contribution is -0.520. The van der Waals surface area contributed by atoms with Crippen molar-refractivity contribution >= 4 is 5.69 Å². The van der Waals surface area contributed by atoms with Gasteiger partial charge in [0.2, 0.25) is 0 Å². The van der Waals surface area contributed by atoms with Crippen LogP contribution in [0, 0.1) is 20.2 Å². The summed E-state index contributed by atoms with van der Waals surface area (Å²) in [5, 5.41) is 20.6. The summed E-state index contributed by atoms with van der Waals surface area (Å²) >= 11 is 0. The Morgan fingerprint density at radius 1 is 1.20 bits per heavy atom. The quantitative estimate of drug-likeness (QED) is 0.447. The number of nitrogens with two attached hydrogens (primary N) is 1. The van der Waals surface area contributed by atoms with E-state index in [0.717, 1.165) is 0 Å². The van der Waals surface area contributed by atoms with Crippen LogP contribution >= 0.6 is 0 Å². The molecule has 1 rings (SSSR count). The molecule has 15 heavy (non-hydrogen) atoms. The number of non-ortho nitro benzene ring substituents is 1. The van der Waals surface area contributed by atoms with Crippen molar-refractivity contribution in [1.82, 2.24) is 0 Å². The highest BCUT2D eigenvalue weighted by Gasteiger charge is 2.14. The molecule has 0 aromatic heterocycles. The summed E-state index contributed by atoms with van der Waals surface area (Å²) in [7, 11) is 0. The number of hydrogen-bond acceptors (Lipinski definition) is 5. The maximum atomic E-state index is 10.3. The SMILES string of the molecule is NC(Cc1ccc([N+](=O)[O-])cc1)[N+](=O)[O-]. The molecule has 0 spiro atoms. The molecule has 0 saturated heterocycles. The molecule has 2 N–H and O–H groups in total. The molecule has 0 heterocycles. The Morgan fingerprint density at radius 3 is 2.13 bits per heavy atom. The number of hydrogen-bond donors (Lipinski definition) is 1. The average Bonchev–Trinajstić information content (AvgIpc) is 2.18. The lowest BCUT2D eigenvalue weighted by Gasteiger charge is -2.02. The number of rotatable bonds is 4. The van der Waals surface area contributed by atoms with Gasteiger partial charge in [-0.3, -0.25) is 26.0 Å². The lowest BCUT2D eigenvalue weighted by Crippen LogP contribution is -2.31. The van der Waals surface area contributed by atoms with Gasteiger partial charge >= 0.3 is 0 Å². The molecule has 1 aromatic carbocycles. The minimum absolute atomic E-state index is 0.0478. The van der Waals surface area contributed by atoms with Crippen LogP contribution in [0.15, 0.2) is 24.3 Å². The fourth-order valence-corrected chi connectivity index (χ4v) is 1.07. The van der Waals surface area contributed by atoms with Crippen LogP contribution in [0.4, 0.5) is 5.69 Å². The van der Waals surface area contributed by atoms with Crippen LogP contribution in [-0.2, 0) is 6.42 Å². The Balaban J connectivity index is 2.72. The molecule has 1 atom stereocenters. The zero-order valence-electron chi connectivity index (χ0n) is 7.70. The second kappa shape index (κ2) is 4.47. The Labute approximate surface area is 84.8 Å². The molecule has 0 amide bonds. The summed E-state index contributed by atoms with van der Waals surface area (Å²) < 4.78 is 0. The Morgan fingerprint density at radius 2 is 1.73 bits per heavy atom. The predicted molar refractivity (Wildman–Crippen MR) is 51.8 cm³/mol. The predicted octanol–water partition coefficient (Wildman–Crippen LogP) is 0.699. The number of nitro benzene ring substituents is 1. The molecule has 0 radical (unpaired) electrons. The summed E-state index contributed by atoms with van der Waals surface area (Å²) in [6, 6.07) is 5.51. The molecule has 7 heteroatoms. The van der Waals surface area contributed by atoms with E-state index in [1.165, 1.54) is 24.3 Å². The minimum atomic E-state index is -1.17. The van der Waals surface area contributed by atoms with E-state index < -0.39 is 16.0 Å². The van der Waals surface area contributed by atoms with Gasteiger partial charge in [0, 0.05) is 17.1 Å². The number of nitrogens with zero attached hydrogens (tertiary/aromatic N) is 2. The highest BCUT2D eigenvalue weighted by molar-refractivity contribution is 5.32. The highest BCUT2D eigenvalue weighted by atomic mass is 16.6. The van der Waals surface area contributed by atoms with E-state index in [4.69, 9.17) is 5.73 Å². The molecule has 1 aromatic rings. The Bertz CT molecular complexity index is 376. The van der Waals surface area contributed by atoms with Gasteiger partial charge in [0.25, 0.3) is 11.9 Å². The lowest BCUT2D eigenvalue weighted by atomic mass is 10.1. The monoisotopic (exact) mass is 211 g/mol. The van der Waals surface area contributed by atoms with Gasteiger partial charge in [-0.2, -0.15) is 0 Å². The average molecular weight is 211 g/mol. The van der Waals surface area contributed by atoms with Crippen LogP contribution in [0.1, 0.15) is 5.56 Å².